The van der Waals surface area contributed by atoms with Crippen LogP contribution in [0.4, 0.5) is 0 Å². The summed E-state index contributed by atoms with van der Waals surface area (Å²) in [6.07, 6.45) is 0. The van der Waals surface area contributed by atoms with Crippen molar-refractivity contribution < 1.29 is 18.4 Å². The van der Waals surface area contributed by atoms with Gasteiger partial charge in [-0.2, -0.15) is 0 Å². The Morgan fingerprint density at radius 3 is 2.08 bits per heavy atom. The Morgan fingerprint density at radius 1 is 1.23 bits per heavy atom. The molecule has 0 saturated heterocycles. The van der Waals surface area contributed by atoms with Gasteiger partial charge in [-0.15, -0.1) is 0 Å². The normalized spacial score (nSPS) is 12.5. The summed E-state index contributed by atoms with van der Waals surface area (Å²) >= 11 is 0. The Labute approximate surface area is 81.2 Å². The zero-order chi connectivity index (χ0) is 10.3. The van der Waals surface area contributed by atoms with Gasteiger partial charge in [-0.25, -0.2) is 0 Å². The van der Waals surface area contributed by atoms with Crippen molar-refractivity contribution >= 4 is 8.80 Å². The summed E-state index contributed by atoms with van der Waals surface area (Å²) in [6, 6.07) is 0.778. The van der Waals surface area contributed by atoms with E-state index in [9.17, 15) is 0 Å². The van der Waals surface area contributed by atoms with E-state index in [-0.39, 0.29) is 13.2 Å². The monoisotopic (exact) mass is 208 g/mol. The lowest BCUT2D eigenvalue weighted by Gasteiger charge is -2.27. The number of rotatable bonds is 7. The first-order chi connectivity index (χ1) is 6.10. The molecular weight excluding hydrogens is 188 g/mol. The molecular formula is C8H20O4Si. The van der Waals surface area contributed by atoms with Crippen LogP contribution >= 0.6 is 0 Å². The molecule has 80 valence electrons. The van der Waals surface area contributed by atoms with Crippen LogP contribution in [0.1, 0.15) is 13.8 Å². The van der Waals surface area contributed by atoms with Crippen molar-refractivity contribution in [2.45, 2.75) is 19.9 Å². The van der Waals surface area contributed by atoms with E-state index in [2.05, 4.69) is 13.8 Å². The second-order valence-electron chi connectivity index (χ2n) is 3.26. The molecule has 0 heterocycles. The molecule has 0 unspecified atom stereocenters. The molecule has 0 aromatic heterocycles. The van der Waals surface area contributed by atoms with Gasteiger partial charge >= 0.3 is 8.80 Å². The van der Waals surface area contributed by atoms with Gasteiger partial charge in [0, 0.05) is 20.3 Å². The van der Waals surface area contributed by atoms with Gasteiger partial charge < -0.3 is 18.4 Å². The Morgan fingerprint density at radius 2 is 1.77 bits per heavy atom. The summed E-state index contributed by atoms with van der Waals surface area (Å²) in [7, 11) is 0.698. The van der Waals surface area contributed by atoms with E-state index in [0.717, 1.165) is 6.04 Å². The van der Waals surface area contributed by atoms with E-state index < -0.39 is 8.80 Å². The van der Waals surface area contributed by atoms with Crippen molar-refractivity contribution in [1.82, 2.24) is 0 Å². The number of aliphatic hydroxyl groups excluding tert-OH is 1. The van der Waals surface area contributed by atoms with Crippen LogP contribution in [0.2, 0.25) is 6.04 Å². The lowest BCUT2D eigenvalue weighted by atomic mass is 10.3. The lowest BCUT2D eigenvalue weighted by Crippen LogP contribution is -2.45. The largest absolute Gasteiger partial charge is 0.500 e. The molecule has 0 spiro atoms. The Bertz CT molecular complexity index is 125. The highest BCUT2D eigenvalue weighted by Crippen LogP contribution is 2.19. The summed E-state index contributed by atoms with van der Waals surface area (Å²) < 4.78 is 16.0. The van der Waals surface area contributed by atoms with Gasteiger partial charge in [0.25, 0.3) is 0 Å². The molecule has 1 N–H and O–H groups in total. The Hall–Kier alpha value is 0.0569. The second-order valence-corrected chi connectivity index (χ2v) is 6.14. The SMILES string of the molecule is CO[Si](CC(C)C)(OC)OCCO. The third kappa shape index (κ3) is 4.73. The first-order valence-electron chi connectivity index (χ1n) is 4.45. The van der Waals surface area contributed by atoms with Crippen molar-refractivity contribution in [3.8, 4) is 0 Å². The van der Waals surface area contributed by atoms with E-state index >= 15 is 0 Å². The molecule has 13 heavy (non-hydrogen) atoms. The minimum Gasteiger partial charge on any atom is -0.394 e. The standard InChI is InChI=1S/C8H20O4Si/c1-8(2)7-13(10-3,11-4)12-6-5-9/h8-9H,5-7H2,1-4H3. The summed E-state index contributed by atoms with van der Waals surface area (Å²) in [6.45, 7) is 4.45. The highest BCUT2D eigenvalue weighted by atomic mass is 28.4. The number of hydrogen-bond acceptors (Lipinski definition) is 4. The van der Waals surface area contributed by atoms with Crippen LogP contribution in [0, 0.1) is 5.92 Å². The zero-order valence-corrected chi connectivity index (χ0v) is 9.87. The fourth-order valence-corrected chi connectivity index (χ4v) is 3.38. The fraction of sp³-hybridized carbons (Fsp3) is 1.00. The van der Waals surface area contributed by atoms with Crippen molar-refractivity contribution in [3.63, 3.8) is 0 Å². The van der Waals surface area contributed by atoms with Crippen LogP contribution < -0.4 is 0 Å². The molecule has 0 aromatic rings. The molecule has 0 rings (SSSR count). The average molecular weight is 208 g/mol. The van der Waals surface area contributed by atoms with E-state index in [4.69, 9.17) is 18.4 Å². The first-order valence-corrected chi connectivity index (χ1v) is 6.38. The minimum absolute atomic E-state index is 0.000431. The van der Waals surface area contributed by atoms with Crippen molar-refractivity contribution in [2.24, 2.45) is 5.92 Å². The molecule has 0 aliphatic heterocycles. The van der Waals surface area contributed by atoms with Gasteiger partial charge in [-0.1, -0.05) is 13.8 Å². The topological polar surface area (TPSA) is 47.9 Å². The summed E-state index contributed by atoms with van der Waals surface area (Å²) in [4.78, 5) is 0. The third-order valence-corrected chi connectivity index (χ3v) is 4.90. The van der Waals surface area contributed by atoms with E-state index in [0.29, 0.717) is 5.92 Å². The van der Waals surface area contributed by atoms with Gasteiger partial charge in [-0.05, 0) is 5.92 Å². The minimum atomic E-state index is -2.49. The van der Waals surface area contributed by atoms with E-state index in [1.165, 1.54) is 0 Å². The maximum absolute atomic E-state index is 8.64. The average Bonchev–Trinajstić information content (AvgIpc) is 2.12. The summed E-state index contributed by atoms with van der Waals surface area (Å²) in [5.74, 6) is 0.463. The lowest BCUT2D eigenvalue weighted by molar-refractivity contribution is 0.0759. The molecule has 0 aliphatic carbocycles. The fourth-order valence-electron chi connectivity index (χ4n) is 1.13. The molecule has 0 aliphatic rings. The van der Waals surface area contributed by atoms with Crippen molar-refractivity contribution in [3.05, 3.63) is 0 Å². The molecule has 5 heteroatoms. The summed E-state index contributed by atoms with van der Waals surface area (Å²) in [5.41, 5.74) is 0. The highest BCUT2D eigenvalue weighted by molar-refractivity contribution is 6.60. The molecule has 0 aromatic carbocycles. The van der Waals surface area contributed by atoms with Crippen LogP contribution in [0.15, 0.2) is 0 Å². The number of hydrogen-bond donors (Lipinski definition) is 1. The molecule has 0 fully saturated rings. The van der Waals surface area contributed by atoms with Crippen LogP contribution in [0.5, 0.6) is 0 Å². The maximum atomic E-state index is 8.64. The molecule has 0 radical (unpaired) electrons. The van der Waals surface area contributed by atoms with Gasteiger partial charge in [0.05, 0.1) is 13.2 Å². The number of aliphatic hydroxyl groups is 1. The molecule has 0 saturated carbocycles. The highest BCUT2D eigenvalue weighted by Gasteiger charge is 2.39. The quantitative estimate of drug-likeness (QED) is 0.631. The van der Waals surface area contributed by atoms with Gasteiger partial charge in [0.1, 0.15) is 0 Å². The first kappa shape index (κ1) is 13.1. The van der Waals surface area contributed by atoms with Crippen molar-refractivity contribution in [2.75, 3.05) is 27.4 Å². The van der Waals surface area contributed by atoms with Crippen LogP contribution in [0.3, 0.4) is 0 Å². The van der Waals surface area contributed by atoms with Crippen LogP contribution in [-0.4, -0.2) is 41.3 Å². The summed E-state index contributed by atoms with van der Waals surface area (Å²) in [5, 5.41) is 8.64. The molecule has 0 atom stereocenters. The predicted molar refractivity (Wildman–Crippen MR) is 52.5 cm³/mol. The van der Waals surface area contributed by atoms with Gasteiger partial charge in [0.15, 0.2) is 0 Å². The predicted octanol–water partition coefficient (Wildman–Crippen LogP) is 0.883. The van der Waals surface area contributed by atoms with Gasteiger partial charge in [0.2, 0.25) is 0 Å². The van der Waals surface area contributed by atoms with Crippen LogP contribution in [-0.2, 0) is 13.3 Å². The maximum Gasteiger partial charge on any atom is 0.500 e. The molecule has 4 nitrogen and oxygen atoms in total. The second kappa shape index (κ2) is 6.50. The van der Waals surface area contributed by atoms with Gasteiger partial charge in [-0.3, -0.25) is 0 Å². The molecule has 0 amide bonds. The molecule has 0 bridgehead atoms. The van der Waals surface area contributed by atoms with E-state index in [1.54, 1.807) is 14.2 Å². The van der Waals surface area contributed by atoms with E-state index in [1.807, 2.05) is 0 Å². The van der Waals surface area contributed by atoms with Crippen LogP contribution in [0.25, 0.3) is 0 Å². The zero-order valence-electron chi connectivity index (χ0n) is 8.87. The Balaban J connectivity index is 4.13. The van der Waals surface area contributed by atoms with Crippen molar-refractivity contribution in [1.29, 1.82) is 0 Å². The Kier molecular flexibility index (Phi) is 6.53. The third-order valence-electron chi connectivity index (χ3n) is 1.69. The smallest absolute Gasteiger partial charge is 0.394 e.